The first kappa shape index (κ1) is 25.8. The summed E-state index contributed by atoms with van der Waals surface area (Å²) in [5.41, 5.74) is 1.12. The van der Waals surface area contributed by atoms with Gasteiger partial charge in [-0.15, -0.1) is 0 Å². The highest BCUT2D eigenvalue weighted by molar-refractivity contribution is 6.05. The van der Waals surface area contributed by atoms with E-state index in [0.717, 1.165) is 37.3 Å². The Labute approximate surface area is 223 Å². The third kappa shape index (κ3) is 4.99. The van der Waals surface area contributed by atoms with Crippen LogP contribution in [-0.2, 0) is 22.3 Å². The van der Waals surface area contributed by atoms with Gasteiger partial charge in [-0.2, -0.15) is 13.2 Å². The van der Waals surface area contributed by atoms with Crippen molar-refractivity contribution in [1.29, 1.82) is 0 Å². The molecule has 39 heavy (non-hydrogen) atoms. The van der Waals surface area contributed by atoms with Crippen molar-refractivity contribution in [2.75, 3.05) is 13.1 Å². The highest BCUT2D eigenvalue weighted by Gasteiger charge is 2.42. The Kier molecular flexibility index (Phi) is 6.57. The molecule has 3 aliphatic heterocycles. The van der Waals surface area contributed by atoms with E-state index in [9.17, 15) is 27.6 Å². The number of alkyl halides is 3. The Hall–Kier alpha value is -3.47. The van der Waals surface area contributed by atoms with Gasteiger partial charge in [0, 0.05) is 49.8 Å². The first-order valence-electron chi connectivity index (χ1n) is 13.4. The number of hydrogen-bond acceptors (Lipinski definition) is 6. The van der Waals surface area contributed by atoms with Gasteiger partial charge in [0.2, 0.25) is 11.8 Å². The Balaban J connectivity index is 1.11. The lowest BCUT2D eigenvalue weighted by Crippen LogP contribution is -2.57. The predicted molar refractivity (Wildman–Crippen MR) is 133 cm³/mol. The van der Waals surface area contributed by atoms with Crippen LogP contribution in [0.4, 0.5) is 13.2 Å². The maximum atomic E-state index is 13.1. The number of pyridine rings is 1. The van der Waals surface area contributed by atoms with Crippen molar-refractivity contribution in [2.24, 2.45) is 0 Å². The highest BCUT2D eigenvalue weighted by Crippen LogP contribution is 2.38. The van der Waals surface area contributed by atoms with Gasteiger partial charge >= 0.3 is 6.18 Å². The number of nitrogens with one attached hydrogen (secondary N) is 1. The SMILES string of the molecule is O=C1CCC(N2Cc3cc(O[C@H]4CCCC[C@H]4N4CC(c5ccnc(C(F)(F)F)c5)C4)ccc3C2=O)C(=O)N1. The van der Waals surface area contributed by atoms with E-state index < -0.39 is 23.8 Å². The van der Waals surface area contributed by atoms with Gasteiger partial charge in [0.05, 0.1) is 0 Å². The molecule has 8 nitrogen and oxygen atoms in total. The van der Waals surface area contributed by atoms with E-state index in [0.29, 0.717) is 36.4 Å². The number of imide groups is 1. The van der Waals surface area contributed by atoms with E-state index in [1.54, 1.807) is 18.2 Å². The van der Waals surface area contributed by atoms with Crippen molar-refractivity contribution in [3.63, 3.8) is 0 Å². The van der Waals surface area contributed by atoms with Crippen molar-refractivity contribution in [3.05, 3.63) is 58.9 Å². The second-order valence-corrected chi connectivity index (χ2v) is 10.9. The monoisotopic (exact) mass is 542 g/mol. The average molecular weight is 543 g/mol. The summed E-state index contributed by atoms with van der Waals surface area (Å²) in [7, 11) is 0. The zero-order valence-corrected chi connectivity index (χ0v) is 21.2. The number of nitrogens with zero attached hydrogens (tertiary/aromatic N) is 3. The number of hydrogen-bond donors (Lipinski definition) is 1. The molecule has 4 heterocycles. The number of rotatable bonds is 5. The van der Waals surface area contributed by atoms with Crippen molar-refractivity contribution >= 4 is 17.7 Å². The molecule has 1 unspecified atom stereocenters. The molecule has 1 saturated carbocycles. The minimum absolute atomic E-state index is 0.0287. The minimum Gasteiger partial charge on any atom is -0.489 e. The molecule has 2 saturated heterocycles. The number of aromatic nitrogens is 1. The smallest absolute Gasteiger partial charge is 0.433 e. The molecule has 2 aromatic rings. The number of carbonyl (C=O) groups is 3. The summed E-state index contributed by atoms with van der Waals surface area (Å²) < 4.78 is 45.7. The van der Waals surface area contributed by atoms with Gasteiger partial charge in [-0.05, 0) is 67.1 Å². The van der Waals surface area contributed by atoms with Crippen LogP contribution in [0, 0.1) is 0 Å². The average Bonchev–Trinajstić information content (AvgIpc) is 3.19. The van der Waals surface area contributed by atoms with Crippen molar-refractivity contribution < 1.29 is 32.3 Å². The molecule has 1 aromatic carbocycles. The van der Waals surface area contributed by atoms with E-state index in [2.05, 4.69) is 15.2 Å². The molecule has 0 radical (unpaired) electrons. The zero-order valence-electron chi connectivity index (χ0n) is 21.2. The molecule has 4 aliphatic rings. The molecule has 206 valence electrons. The van der Waals surface area contributed by atoms with Gasteiger partial charge in [0.25, 0.3) is 5.91 Å². The third-order valence-corrected chi connectivity index (χ3v) is 8.37. The fourth-order valence-corrected chi connectivity index (χ4v) is 6.28. The number of halogens is 3. The van der Waals surface area contributed by atoms with Crippen LogP contribution < -0.4 is 10.1 Å². The lowest BCUT2D eigenvalue weighted by atomic mass is 9.84. The highest BCUT2D eigenvalue weighted by atomic mass is 19.4. The van der Waals surface area contributed by atoms with Gasteiger partial charge in [-0.3, -0.25) is 29.6 Å². The van der Waals surface area contributed by atoms with Gasteiger partial charge in [-0.1, -0.05) is 6.42 Å². The lowest BCUT2D eigenvalue weighted by Gasteiger charge is -2.48. The molecule has 6 rings (SSSR count). The lowest BCUT2D eigenvalue weighted by molar-refractivity contribution is -0.141. The molecule has 11 heteroatoms. The quantitative estimate of drug-likeness (QED) is 0.580. The van der Waals surface area contributed by atoms with Gasteiger partial charge in [0.15, 0.2) is 0 Å². The Morgan fingerprint density at radius 1 is 1.00 bits per heavy atom. The van der Waals surface area contributed by atoms with E-state index in [1.165, 1.54) is 11.1 Å². The molecule has 0 spiro atoms. The summed E-state index contributed by atoms with van der Waals surface area (Å²) in [6.07, 6.45) is 1.15. The number of likely N-dealkylation sites (tertiary alicyclic amines) is 1. The first-order chi connectivity index (χ1) is 18.7. The van der Waals surface area contributed by atoms with Crippen LogP contribution in [0.2, 0.25) is 0 Å². The largest absolute Gasteiger partial charge is 0.489 e. The normalized spacial score (nSPS) is 26.3. The van der Waals surface area contributed by atoms with Crippen molar-refractivity contribution in [2.45, 2.75) is 75.4 Å². The molecule has 1 aromatic heterocycles. The molecule has 3 amide bonds. The van der Waals surface area contributed by atoms with Crippen LogP contribution in [0.3, 0.4) is 0 Å². The number of amides is 3. The molecule has 1 N–H and O–H groups in total. The minimum atomic E-state index is -4.46. The van der Waals surface area contributed by atoms with Gasteiger partial charge in [0.1, 0.15) is 23.6 Å². The number of carbonyl (C=O) groups excluding carboxylic acids is 3. The second kappa shape index (κ2) is 9.93. The third-order valence-electron chi connectivity index (χ3n) is 8.37. The summed E-state index contributed by atoms with van der Waals surface area (Å²) in [5.74, 6) is -0.301. The van der Waals surface area contributed by atoms with E-state index in [-0.39, 0.29) is 42.8 Å². The maximum Gasteiger partial charge on any atom is 0.433 e. The zero-order chi connectivity index (χ0) is 27.3. The van der Waals surface area contributed by atoms with Crippen LogP contribution in [0.5, 0.6) is 5.75 Å². The van der Waals surface area contributed by atoms with Crippen LogP contribution >= 0.6 is 0 Å². The molecule has 3 atom stereocenters. The summed E-state index contributed by atoms with van der Waals surface area (Å²) in [5, 5.41) is 2.31. The first-order valence-corrected chi connectivity index (χ1v) is 13.4. The number of fused-ring (bicyclic) bond motifs is 1. The summed E-state index contributed by atoms with van der Waals surface area (Å²) in [6, 6.07) is 7.69. The molecular formula is C28H29F3N4O4. The van der Waals surface area contributed by atoms with Crippen LogP contribution in [0.15, 0.2) is 36.5 Å². The maximum absolute atomic E-state index is 13.1. The number of ether oxygens (including phenoxy) is 1. The number of benzene rings is 1. The van der Waals surface area contributed by atoms with E-state index in [4.69, 9.17) is 4.74 Å². The molecular weight excluding hydrogens is 513 g/mol. The molecule has 3 fully saturated rings. The summed E-state index contributed by atoms with van der Waals surface area (Å²) >= 11 is 0. The standard InChI is InChI=1S/C28H29F3N4O4/c29-28(30,31)24-12-16(9-10-32-24)18-13-34(14-18)21-3-1-2-4-23(21)39-19-5-6-20-17(11-19)15-35(27(20)38)22-7-8-25(36)33-26(22)37/h5-6,9-12,18,21-23H,1-4,7-8,13-15H2,(H,33,36,37)/t21-,22?,23+/m1/s1. The van der Waals surface area contributed by atoms with Crippen LogP contribution in [0.25, 0.3) is 0 Å². The Morgan fingerprint density at radius 2 is 1.79 bits per heavy atom. The van der Waals surface area contributed by atoms with Gasteiger partial charge in [-0.25, -0.2) is 0 Å². The fraction of sp³-hybridized carbons (Fsp3) is 0.500. The Bertz CT molecular complexity index is 1310. The summed E-state index contributed by atoms with van der Waals surface area (Å²) in [4.78, 5) is 44.1. The topological polar surface area (TPSA) is 91.8 Å². The number of piperidine rings is 1. The predicted octanol–water partition coefficient (Wildman–Crippen LogP) is 3.65. The Morgan fingerprint density at radius 3 is 2.56 bits per heavy atom. The van der Waals surface area contributed by atoms with E-state index in [1.807, 2.05) is 6.07 Å². The van der Waals surface area contributed by atoms with Crippen molar-refractivity contribution in [1.82, 2.24) is 20.1 Å². The van der Waals surface area contributed by atoms with Crippen molar-refractivity contribution in [3.8, 4) is 5.75 Å². The summed E-state index contributed by atoms with van der Waals surface area (Å²) in [6.45, 7) is 1.63. The molecule has 1 aliphatic carbocycles. The molecule has 0 bridgehead atoms. The van der Waals surface area contributed by atoms with Crippen LogP contribution in [0.1, 0.15) is 71.6 Å². The fourth-order valence-electron chi connectivity index (χ4n) is 6.28. The van der Waals surface area contributed by atoms with Gasteiger partial charge < -0.3 is 9.64 Å². The second-order valence-electron chi connectivity index (χ2n) is 10.9. The van der Waals surface area contributed by atoms with E-state index >= 15 is 0 Å². The van der Waals surface area contributed by atoms with Crippen LogP contribution in [-0.4, -0.2) is 63.8 Å².